The number of hydrogen-bond donors (Lipinski definition) is 0. The van der Waals surface area contributed by atoms with Crippen molar-refractivity contribution in [2.75, 3.05) is 0 Å². The molecule has 2 aromatic carbocycles. The van der Waals surface area contributed by atoms with Gasteiger partial charge in [-0.05, 0) is 55.5 Å². The number of rotatable bonds is 1. The van der Waals surface area contributed by atoms with Gasteiger partial charge in [0.25, 0.3) is 0 Å². The predicted octanol–water partition coefficient (Wildman–Crippen LogP) is 4.08. The molecule has 26 heavy (non-hydrogen) atoms. The Balaban J connectivity index is 1.74. The molecular weight excluding hydrogens is 322 g/mol. The zero-order valence-electron chi connectivity index (χ0n) is 15.7. The maximum absolute atomic E-state index is 6.52. The first kappa shape index (κ1) is 15.8. The van der Waals surface area contributed by atoms with E-state index in [1.54, 1.807) is 6.33 Å². The van der Waals surface area contributed by atoms with E-state index in [-0.39, 0.29) is 11.7 Å². The number of nitrogens with zero attached hydrogens (tertiary/aromatic N) is 3. The molecule has 1 saturated heterocycles. The molecule has 1 fully saturated rings. The lowest BCUT2D eigenvalue weighted by molar-refractivity contribution is 0.260. The van der Waals surface area contributed by atoms with Crippen LogP contribution in [0.3, 0.4) is 0 Å². The van der Waals surface area contributed by atoms with Crippen LogP contribution < -0.4 is 0 Å². The molecule has 0 spiro atoms. The maximum Gasteiger partial charge on any atom is 0.144 e. The molecule has 2 aliphatic rings. The average molecular weight is 345 g/mol. The molecule has 0 bridgehead atoms. The quantitative estimate of drug-likeness (QED) is 0.624. The lowest BCUT2D eigenvalue weighted by Crippen LogP contribution is -2.25. The SMILES string of the molecule is Cc1ccc(C23Cn4ncnc4Cc4cc(C)cc(C)c4C2O3)c(C)c1. The van der Waals surface area contributed by atoms with E-state index in [0.717, 1.165) is 12.2 Å². The molecular formula is C22H23N3O. The minimum atomic E-state index is -0.352. The predicted molar refractivity (Wildman–Crippen MR) is 100 cm³/mol. The molecule has 3 heterocycles. The van der Waals surface area contributed by atoms with Gasteiger partial charge in [-0.1, -0.05) is 41.5 Å². The summed E-state index contributed by atoms with van der Waals surface area (Å²) in [4.78, 5) is 4.53. The van der Waals surface area contributed by atoms with Crippen molar-refractivity contribution in [3.05, 3.63) is 81.4 Å². The van der Waals surface area contributed by atoms with E-state index in [9.17, 15) is 0 Å². The van der Waals surface area contributed by atoms with Crippen LogP contribution in [-0.2, 0) is 23.3 Å². The summed E-state index contributed by atoms with van der Waals surface area (Å²) in [6.07, 6.45) is 2.55. The van der Waals surface area contributed by atoms with Gasteiger partial charge in [-0.2, -0.15) is 5.10 Å². The summed E-state index contributed by atoms with van der Waals surface area (Å²) >= 11 is 0. The van der Waals surface area contributed by atoms with Crippen molar-refractivity contribution in [3.8, 4) is 0 Å². The molecule has 2 aliphatic heterocycles. The van der Waals surface area contributed by atoms with E-state index < -0.39 is 0 Å². The first-order valence-corrected chi connectivity index (χ1v) is 9.20. The summed E-state index contributed by atoms with van der Waals surface area (Å²) in [5.74, 6) is 1.01. The number of ether oxygens (including phenoxy) is 1. The second-order valence-corrected chi connectivity index (χ2v) is 7.87. The molecule has 4 heteroatoms. The molecule has 3 aromatic rings. The van der Waals surface area contributed by atoms with Gasteiger partial charge in [0.1, 0.15) is 23.9 Å². The molecule has 0 saturated carbocycles. The fraction of sp³-hybridized carbons (Fsp3) is 0.364. The Labute approximate surface area is 153 Å². The second-order valence-electron chi connectivity index (χ2n) is 7.87. The normalized spacial score (nSPS) is 23.5. The van der Waals surface area contributed by atoms with Crippen LogP contribution in [0.2, 0.25) is 0 Å². The monoisotopic (exact) mass is 345 g/mol. The average Bonchev–Trinajstić information content (AvgIpc) is 3.06. The van der Waals surface area contributed by atoms with Crippen LogP contribution >= 0.6 is 0 Å². The molecule has 132 valence electrons. The molecule has 0 N–H and O–H groups in total. The molecule has 0 radical (unpaired) electrons. The van der Waals surface area contributed by atoms with Crippen molar-refractivity contribution in [1.82, 2.24) is 14.8 Å². The number of hydrogen-bond acceptors (Lipinski definition) is 3. The maximum atomic E-state index is 6.52. The van der Waals surface area contributed by atoms with Gasteiger partial charge < -0.3 is 4.74 Å². The molecule has 0 amide bonds. The topological polar surface area (TPSA) is 43.2 Å². The van der Waals surface area contributed by atoms with Gasteiger partial charge in [0.15, 0.2) is 0 Å². The Hall–Kier alpha value is -2.46. The van der Waals surface area contributed by atoms with Gasteiger partial charge in [-0.25, -0.2) is 9.67 Å². The standard InChI is InChI=1S/C22H23N3O/c1-13-5-6-18(15(3)7-13)22-11-25-19(23-12-24-25)10-17-9-14(2)8-16(4)20(17)21(22)26-22/h5-9,12,21H,10-11H2,1-4H3. The highest BCUT2D eigenvalue weighted by atomic mass is 16.6. The van der Waals surface area contributed by atoms with E-state index in [4.69, 9.17) is 4.74 Å². The Morgan fingerprint density at radius 1 is 1.04 bits per heavy atom. The van der Waals surface area contributed by atoms with E-state index in [0.29, 0.717) is 6.54 Å². The number of fused-ring (bicyclic) bond motifs is 4. The number of epoxide rings is 1. The molecule has 4 nitrogen and oxygen atoms in total. The summed E-state index contributed by atoms with van der Waals surface area (Å²) in [6, 6.07) is 11.2. The van der Waals surface area contributed by atoms with Crippen LogP contribution in [0.1, 0.15) is 50.9 Å². The van der Waals surface area contributed by atoms with Crippen molar-refractivity contribution in [2.24, 2.45) is 0 Å². The van der Waals surface area contributed by atoms with E-state index in [1.807, 2.05) is 4.68 Å². The molecule has 5 rings (SSSR count). The zero-order chi connectivity index (χ0) is 18.1. The van der Waals surface area contributed by atoms with Crippen molar-refractivity contribution >= 4 is 0 Å². The third kappa shape index (κ3) is 2.18. The number of aryl methyl sites for hydroxylation is 4. The first-order valence-electron chi connectivity index (χ1n) is 9.20. The summed E-state index contributed by atoms with van der Waals surface area (Å²) in [6.45, 7) is 9.38. The van der Waals surface area contributed by atoms with E-state index >= 15 is 0 Å². The lowest BCUT2D eigenvalue weighted by atomic mass is 9.83. The van der Waals surface area contributed by atoms with Gasteiger partial charge in [0, 0.05) is 6.42 Å². The Kier molecular flexibility index (Phi) is 3.20. The van der Waals surface area contributed by atoms with Crippen molar-refractivity contribution in [1.29, 1.82) is 0 Å². The number of aromatic nitrogens is 3. The lowest BCUT2D eigenvalue weighted by Gasteiger charge is -2.22. The highest BCUT2D eigenvalue weighted by molar-refractivity contribution is 5.49. The molecule has 0 aliphatic carbocycles. The summed E-state index contributed by atoms with van der Waals surface area (Å²) in [5.41, 5.74) is 8.71. The van der Waals surface area contributed by atoms with Crippen LogP contribution in [0.15, 0.2) is 36.7 Å². The largest absolute Gasteiger partial charge is 0.354 e. The van der Waals surface area contributed by atoms with Crippen LogP contribution in [0, 0.1) is 27.7 Å². The summed E-state index contributed by atoms with van der Waals surface area (Å²) in [5, 5.41) is 4.50. The smallest absolute Gasteiger partial charge is 0.144 e. The van der Waals surface area contributed by atoms with Crippen LogP contribution in [0.4, 0.5) is 0 Å². The highest BCUT2D eigenvalue weighted by Gasteiger charge is 2.61. The van der Waals surface area contributed by atoms with E-state index in [1.165, 1.54) is 38.9 Å². The van der Waals surface area contributed by atoms with Gasteiger partial charge >= 0.3 is 0 Å². The molecule has 2 unspecified atom stereocenters. The van der Waals surface area contributed by atoms with Crippen LogP contribution in [0.5, 0.6) is 0 Å². The summed E-state index contributed by atoms with van der Waals surface area (Å²) in [7, 11) is 0. The second kappa shape index (κ2) is 5.27. The first-order chi connectivity index (χ1) is 12.5. The van der Waals surface area contributed by atoms with Crippen LogP contribution in [0.25, 0.3) is 0 Å². The minimum Gasteiger partial charge on any atom is -0.354 e. The van der Waals surface area contributed by atoms with Crippen molar-refractivity contribution in [2.45, 2.75) is 52.4 Å². The molecule has 1 aromatic heterocycles. The Bertz CT molecular complexity index is 1040. The van der Waals surface area contributed by atoms with Crippen molar-refractivity contribution in [3.63, 3.8) is 0 Å². The zero-order valence-corrected chi connectivity index (χ0v) is 15.7. The Morgan fingerprint density at radius 3 is 2.65 bits per heavy atom. The highest BCUT2D eigenvalue weighted by Crippen LogP contribution is 2.60. The van der Waals surface area contributed by atoms with Crippen molar-refractivity contribution < 1.29 is 4.74 Å². The van der Waals surface area contributed by atoms with Gasteiger partial charge in [0.2, 0.25) is 0 Å². The third-order valence-corrected chi connectivity index (χ3v) is 5.84. The fourth-order valence-corrected chi connectivity index (χ4v) is 4.70. The fourth-order valence-electron chi connectivity index (χ4n) is 4.70. The van der Waals surface area contributed by atoms with Gasteiger partial charge in [-0.3, -0.25) is 0 Å². The van der Waals surface area contributed by atoms with Crippen LogP contribution in [-0.4, -0.2) is 14.8 Å². The van der Waals surface area contributed by atoms with E-state index in [2.05, 4.69) is 68.1 Å². The molecule has 2 atom stereocenters. The van der Waals surface area contributed by atoms with Gasteiger partial charge in [-0.15, -0.1) is 0 Å². The van der Waals surface area contributed by atoms with Gasteiger partial charge in [0.05, 0.1) is 6.54 Å². The third-order valence-electron chi connectivity index (χ3n) is 5.84. The number of benzene rings is 2. The Morgan fingerprint density at radius 2 is 1.85 bits per heavy atom. The summed E-state index contributed by atoms with van der Waals surface area (Å²) < 4.78 is 8.54. The minimum absolute atomic E-state index is 0.0804.